The fourth-order valence-electron chi connectivity index (χ4n) is 4.26. The number of ether oxygens (including phenoxy) is 2. The molecule has 2 saturated heterocycles. The minimum absolute atomic E-state index is 0.126. The van der Waals surface area contributed by atoms with Crippen LogP contribution in [0.3, 0.4) is 0 Å². The molecule has 2 atom stereocenters. The summed E-state index contributed by atoms with van der Waals surface area (Å²) in [6.45, 7) is 7.47. The van der Waals surface area contributed by atoms with Crippen molar-refractivity contribution in [3.05, 3.63) is 28.8 Å². The SMILES string of the molecule is CCNC1=C(C(F)(F)F)C=NC(N)(c2cnn(C3CCN(CC4OCCO4)C3)c2C)N1. The molecule has 31 heavy (non-hydrogen) atoms. The van der Waals surface area contributed by atoms with Crippen molar-refractivity contribution in [1.82, 2.24) is 25.3 Å². The maximum absolute atomic E-state index is 13.3. The molecule has 0 amide bonds. The van der Waals surface area contributed by atoms with Gasteiger partial charge >= 0.3 is 6.18 Å². The first-order chi connectivity index (χ1) is 14.7. The third kappa shape index (κ3) is 4.43. The highest BCUT2D eigenvalue weighted by atomic mass is 19.4. The fourth-order valence-corrected chi connectivity index (χ4v) is 4.26. The largest absolute Gasteiger partial charge is 0.421 e. The molecular formula is C19H28F3N7O2. The second-order valence-corrected chi connectivity index (χ2v) is 7.93. The van der Waals surface area contributed by atoms with Crippen LogP contribution >= 0.6 is 0 Å². The highest BCUT2D eigenvalue weighted by Gasteiger charge is 2.42. The second kappa shape index (κ2) is 8.41. The van der Waals surface area contributed by atoms with Crippen molar-refractivity contribution in [3.8, 4) is 0 Å². The first-order valence-electron chi connectivity index (χ1n) is 10.4. The minimum atomic E-state index is -4.55. The van der Waals surface area contributed by atoms with Crippen LogP contribution in [0.1, 0.15) is 30.6 Å². The summed E-state index contributed by atoms with van der Waals surface area (Å²) in [4.78, 5) is 6.29. The van der Waals surface area contributed by atoms with Gasteiger partial charge in [0.25, 0.3) is 0 Å². The average molecular weight is 443 g/mol. The Hall–Kier alpha value is -2.15. The lowest BCUT2D eigenvalue weighted by atomic mass is 10.1. The Morgan fingerprint density at radius 1 is 1.35 bits per heavy atom. The van der Waals surface area contributed by atoms with Gasteiger partial charge in [0.05, 0.1) is 31.0 Å². The van der Waals surface area contributed by atoms with Gasteiger partial charge in [0, 0.05) is 38.1 Å². The molecule has 3 aliphatic rings. The first-order valence-corrected chi connectivity index (χ1v) is 10.4. The van der Waals surface area contributed by atoms with Crippen LogP contribution in [0.25, 0.3) is 0 Å². The number of allylic oxidation sites excluding steroid dienone is 1. The Morgan fingerprint density at radius 2 is 2.10 bits per heavy atom. The van der Waals surface area contributed by atoms with Crippen molar-refractivity contribution < 1.29 is 22.6 Å². The van der Waals surface area contributed by atoms with Crippen LogP contribution < -0.4 is 16.4 Å². The lowest BCUT2D eigenvalue weighted by Gasteiger charge is -2.33. The van der Waals surface area contributed by atoms with Crippen molar-refractivity contribution in [2.24, 2.45) is 10.7 Å². The third-order valence-electron chi connectivity index (χ3n) is 5.79. The van der Waals surface area contributed by atoms with Gasteiger partial charge in [-0.05, 0) is 20.3 Å². The zero-order valence-corrected chi connectivity index (χ0v) is 17.6. The molecule has 2 unspecified atom stereocenters. The van der Waals surface area contributed by atoms with E-state index in [4.69, 9.17) is 15.2 Å². The molecule has 0 aliphatic carbocycles. The van der Waals surface area contributed by atoms with E-state index in [1.807, 2.05) is 11.6 Å². The van der Waals surface area contributed by atoms with E-state index >= 15 is 0 Å². The van der Waals surface area contributed by atoms with Crippen LogP contribution in [-0.2, 0) is 15.3 Å². The summed E-state index contributed by atoms with van der Waals surface area (Å²) in [6.07, 6.45) is -1.49. The predicted molar refractivity (Wildman–Crippen MR) is 107 cm³/mol. The number of nitrogens with two attached hydrogens (primary N) is 1. The molecule has 4 N–H and O–H groups in total. The van der Waals surface area contributed by atoms with Crippen LogP contribution in [0.5, 0.6) is 0 Å². The molecule has 3 aliphatic heterocycles. The normalized spacial score (nSPS) is 27.9. The van der Waals surface area contributed by atoms with Crippen molar-refractivity contribution >= 4 is 6.21 Å². The number of nitrogens with one attached hydrogen (secondary N) is 2. The summed E-state index contributed by atoms with van der Waals surface area (Å²) in [6, 6.07) is 0.126. The Labute approximate surface area is 178 Å². The average Bonchev–Trinajstić information content (AvgIpc) is 3.43. The lowest BCUT2D eigenvalue weighted by Crippen LogP contribution is -2.54. The molecule has 172 valence electrons. The van der Waals surface area contributed by atoms with Crippen LogP contribution in [-0.4, -0.2) is 72.8 Å². The van der Waals surface area contributed by atoms with E-state index in [9.17, 15) is 13.2 Å². The van der Waals surface area contributed by atoms with Crippen molar-refractivity contribution in [2.75, 3.05) is 39.4 Å². The smallest absolute Gasteiger partial charge is 0.372 e. The number of nitrogens with zero attached hydrogens (tertiary/aromatic N) is 4. The summed E-state index contributed by atoms with van der Waals surface area (Å²) in [5.41, 5.74) is 6.81. The first kappa shape index (κ1) is 22.1. The molecule has 9 nitrogen and oxygen atoms in total. The number of aliphatic imine (C=N–C) groups is 1. The van der Waals surface area contributed by atoms with Crippen LogP contribution in [0.2, 0.25) is 0 Å². The minimum Gasteiger partial charge on any atom is -0.372 e. The number of alkyl halides is 3. The van der Waals surface area contributed by atoms with E-state index in [1.54, 1.807) is 13.1 Å². The van der Waals surface area contributed by atoms with Crippen LogP contribution in [0, 0.1) is 6.92 Å². The number of hydrogen-bond acceptors (Lipinski definition) is 8. The lowest BCUT2D eigenvalue weighted by molar-refractivity contribution is -0.0876. The van der Waals surface area contributed by atoms with Crippen molar-refractivity contribution in [2.45, 2.75) is 44.6 Å². The molecule has 0 bridgehead atoms. The Bertz CT molecular complexity index is 863. The van der Waals surface area contributed by atoms with Crippen molar-refractivity contribution in [3.63, 3.8) is 0 Å². The quantitative estimate of drug-likeness (QED) is 0.601. The van der Waals surface area contributed by atoms with Gasteiger partial charge in [0.2, 0.25) is 5.79 Å². The Balaban J connectivity index is 1.50. The number of aromatic nitrogens is 2. The zero-order chi connectivity index (χ0) is 22.2. The topological polar surface area (TPSA) is 102 Å². The summed E-state index contributed by atoms with van der Waals surface area (Å²) in [7, 11) is 0. The molecule has 12 heteroatoms. The molecule has 0 aromatic carbocycles. The number of rotatable bonds is 6. The summed E-state index contributed by atoms with van der Waals surface area (Å²) in [5.74, 6) is -1.73. The summed E-state index contributed by atoms with van der Waals surface area (Å²) >= 11 is 0. The standard InChI is InChI=1S/C19H28F3N7O2/c1-3-24-17-15(18(20,21)22)8-25-19(23,27-17)14-9-26-29(12(14)2)13-4-5-28(10-13)11-16-30-6-7-31-16/h8-9,13,16,24,27H,3-7,10-11,23H2,1-2H3. The van der Waals surface area contributed by atoms with E-state index in [2.05, 4.69) is 25.6 Å². The van der Waals surface area contributed by atoms with E-state index in [0.717, 1.165) is 31.4 Å². The summed E-state index contributed by atoms with van der Waals surface area (Å²) in [5, 5.41) is 9.94. The molecule has 0 spiro atoms. The van der Waals surface area contributed by atoms with E-state index in [-0.39, 0.29) is 18.2 Å². The second-order valence-electron chi connectivity index (χ2n) is 7.93. The molecule has 1 aromatic heterocycles. The number of halogens is 3. The zero-order valence-electron chi connectivity index (χ0n) is 17.6. The monoisotopic (exact) mass is 443 g/mol. The molecule has 1 aromatic rings. The van der Waals surface area contributed by atoms with Gasteiger partial charge in [0.1, 0.15) is 11.4 Å². The molecule has 0 saturated carbocycles. The van der Waals surface area contributed by atoms with E-state index < -0.39 is 17.5 Å². The molecule has 0 radical (unpaired) electrons. The highest BCUT2D eigenvalue weighted by Crippen LogP contribution is 2.33. The van der Waals surface area contributed by atoms with Gasteiger partial charge in [-0.2, -0.15) is 18.3 Å². The van der Waals surface area contributed by atoms with Gasteiger partial charge in [-0.15, -0.1) is 0 Å². The highest BCUT2D eigenvalue weighted by molar-refractivity contribution is 5.82. The van der Waals surface area contributed by atoms with E-state index in [0.29, 0.717) is 31.9 Å². The number of likely N-dealkylation sites (tertiary alicyclic amines) is 1. The summed E-state index contributed by atoms with van der Waals surface area (Å²) < 4.78 is 52.9. The van der Waals surface area contributed by atoms with Crippen LogP contribution in [0.15, 0.2) is 22.6 Å². The fraction of sp³-hybridized carbons (Fsp3) is 0.684. The maximum Gasteiger partial charge on any atom is 0.421 e. The van der Waals surface area contributed by atoms with Crippen LogP contribution in [0.4, 0.5) is 13.2 Å². The Kier molecular flexibility index (Phi) is 5.99. The Morgan fingerprint density at radius 3 is 2.77 bits per heavy atom. The third-order valence-corrected chi connectivity index (χ3v) is 5.79. The molecule has 2 fully saturated rings. The van der Waals surface area contributed by atoms with Gasteiger partial charge in [-0.1, -0.05) is 0 Å². The van der Waals surface area contributed by atoms with E-state index in [1.165, 1.54) is 0 Å². The van der Waals surface area contributed by atoms with Gasteiger partial charge in [-0.25, -0.2) is 4.99 Å². The predicted octanol–water partition coefficient (Wildman–Crippen LogP) is 0.938. The molecule has 4 heterocycles. The molecular weight excluding hydrogens is 415 g/mol. The van der Waals surface area contributed by atoms with Gasteiger partial charge in [0.15, 0.2) is 6.29 Å². The van der Waals surface area contributed by atoms with Gasteiger partial charge < -0.3 is 20.1 Å². The molecule has 4 rings (SSSR count). The van der Waals surface area contributed by atoms with Crippen molar-refractivity contribution in [1.29, 1.82) is 0 Å². The maximum atomic E-state index is 13.3. The number of hydrogen-bond donors (Lipinski definition) is 3. The van der Waals surface area contributed by atoms with Gasteiger partial charge in [-0.3, -0.25) is 15.3 Å².